The fourth-order valence-electron chi connectivity index (χ4n) is 4.66. The summed E-state index contributed by atoms with van der Waals surface area (Å²) in [7, 11) is 0. The molecule has 0 bridgehead atoms. The van der Waals surface area contributed by atoms with Crippen molar-refractivity contribution in [2.24, 2.45) is 5.92 Å². The van der Waals surface area contributed by atoms with Gasteiger partial charge < -0.3 is 4.74 Å². The van der Waals surface area contributed by atoms with Crippen molar-refractivity contribution < 1.29 is 22.3 Å². The van der Waals surface area contributed by atoms with Gasteiger partial charge in [-0.15, -0.1) is 0 Å². The molecule has 3 aromatic carbocycles. The second-order valence-electron chi connectivity index (χ2n) is 8.59. The lowest BCUT2D eigenvalue weighted by Crippen LogP contribution is -2.15. The number of benzene rings is 3. The number of rotatable bonds is 5. The SMILES string of the molecule is CCC1CCC(c2c(F)cc(C)c(Oc3ccccc3-c3ccc(F)c(F)c3)c2F)CC1. The van der Waals surface area contributed by atoms with E-state index in [1.54, 1.807) is 31.2 Å². The summed E-state index contributed by atoms with van der Waals surface area (Å²) in [6, 6.07) is 11.6. The lowest BCUT2D eigenvalue weighted by molar-refractivity contribution is 0.307. The molecule has 1 nitrogen and oxygen atoms in total. The Bertz CT molecular complexity index is 1120. The van der Waals surface area contributed by atoms with E-state index in [1.807, 2.05) is 0 Å². The third-order valence-electron chi connectivity index (χ3n) is 6.56. The summed E-state index contributed by atoms with van der Waals surface area (Å²) in [6.07, 6.45) is 4.51. The second-order valence-corrected chi connectivity index (χ2v) is 8.59. The zero-order chi connectivity index (χ0) is 22.8. The van der Waals surface area contributed by atoms with E-state index in [0.717, 1.165) is 44.2 Å². The van der Waals surface area contributed by atoms with E-state index in [0.29, 0.717) is 22.6 Å². The fraction of sp³-hybridized carbons (Fsp3) is 0.333. The molecule has 0 spiro atoms. The average molecular weight is 442 g/mol. The van der Waals surface area contributed by atoms with E-state index in [2.05, 4.69) is 6.92 Å². The zero-order valence-corrected chi connectivity index (χ0v) is 18.2. The van der Waals surface area contributed by atoms with Crippen LogP contribution in [0.4, 0.5) is 17.6 Å². The lowest BCUT2D eigenvalue weighted by atomic mass is 9.77. The van der Waals surface area contributed by atoms with Crippen LogP contribution in [0.15, 0.2) is 48.5 Å². The van der Waals surface area contributed by atoms with Crippen LogP contribution in [0.5, 0.6) is 11.5 Å². The van der Waals surface area contributed by atoms with Gasteiger partial charge in [-0.05, 0) is 79.8 Å². The first-order valence-corrected chi connectivity index (χ1v) is 11.1. The Kier molecular flexibility index (Phi) is 6.54. The summed E-state index contributed by atoms with van der Waals surface area (Å²) in [5, 5.41) is 0. The van der Waals surface area contributed by atoms with Crippen molar-refractivity contribution >= 4 is 0 Å². The first kappa shape index (κ1) is 22.4. The summed E-state index contributed by atoms with van der Waals surface area (Å²) in [4.78, 5) is 0. The van der Waals surface area contributed by atoms with Crippen LogP contribution < -0.4 is 4.74 Å². The molecule has 1 aliphatic carbocycles. The van der Waals surface area contributed by atoms with Crippen LogP contribution in [-0.2, 0) is 0 Å². The molecular weight excluding hydrogens is 416 g/mol. The van der Waals surface area contributed by atoms with Crippen LogP contribution >= 0.6 is 0 Å². The highest BCUT2D eigenvalue weighted by atomic mass is 19.2. The lowest BCUT2D eigenvalue weighted by Gasteiger charge is -2.29. The Morgan fingerprint density at radius 2 is 1.56 bits per heavy atom. The molecule has 0 saturated heterocycles. The van der Waals surface area contributed by atoms with Gasteiger partial charge in [0.05, 0.1) is 0 Å². The predicted octanol–water partition coefficient (Wildman–Crippen LogP) is 8.69. The Morgan fingerprint density at radius 3 is 2.25 bits per heavy atom. The largest absolute Gasteiger partial charge is 0.453 e. The molecule has 5 heteroatoms. The monoisotopic (exact) mass is 442 g/mol. The van der Waals surface area contributed by atoms with Crippen molar-refractivity contribution in [2.75, 3.05) is 0 Å². The maximum Gasteiger partial charge on any atom is 0.172 e. The minimum atomic E-state index is -0.980. The quantitative estimate of drug-likeness (QED) is 0.359. The third-order valence-corrected chi connectivity index (χ3v) is 6.56. The Labute approximate surface area is 186 Å². The van der Waals surface area contributed by atoms with Crippen LogP contribution in [0.3, 0.4) is 0 Å². The number of aryl methyl sites for hydroxylation is 1. The van der Waals surface area contributed by atoms with Gasteiger partial charge in [0.15, 0.2) is 23.2 Å². The van der Waals surface area contributed by atoms with Gasteiger partial charge in [-0.25, -0.2) is 17.6 Å². The first-order valence-electron chi connectivity index (χ1n) is 11.1. The zero-order valence-electron chi connectivity index (χ0n) is 18.2. The van der Waals surface area contributed by atoms with Crippen molar-refractivity contribution in [3.8, 4) is 22.6 Å². The number of ether oxygens (including phenoxy) is 1. The molecule has 1 aliphatic rings. The van der Waals surface area contributed by atoms with Crippen molar-refractivity contribution in [1.82, 2.24) is 0 Å². The number of hydrogen-bond donors (Lipinski definition) is 0. The summed E-state index contributed by atoms with van der Waals surface area (Å²) in [5.41, 5.74) is 1.31. The predicted molar refractivity (Wildman–Crippen MR) is 118 cm³/mol. The molecule has 0 N–H and O–H groups in total. The molecule has 0 amide bonds. The van der Waals surface area contributed by atoms with Crippen molar-refractivity contribution in [2.45, 2.75) is 51.9 Å². The molecule has 3 aromatic rings. The molecular formula is C27H26F4O. The maximum atomic E-state index is 15.6. The summed E-state index contributed by atoms with van der Waals surface area (Å²) < 4.78 is 63.6. The van der Waals surface area contributed by atoms with E-state index in [4.69, 9.17) is 4.74 Å². The summed E-state index contributed by atoms with van der Waals surface area (Å²) >= 11 is 0. The highest BCUT2D eigenvalue weighted by Crippen LogP contribution is 2.43. The molecule has 0 unspecified atom stereocenters. The van der Waals surface area contributed by atoms with Crippen molar-refractivity contribution in [3.05, 3.63) is 82.9 Å². The van der Waals surface area contributed by atoms with Gasteiger partial charge in [0.1, 0.15) is 11.6 Å². The molecule has 0 aliphatic heterocycles. The first-order chi connectivity index (χ1) is 15.4. The smallest absolute Gasteiger partial charge is 0.172 e. The summed E-state index contributed by atoms with van der Waals surface area (Å²) in [6.45, 7) is 3.74. The molecule has 1 saturated carbocycles. The Hall–Kier alpha value is -2.82. The van der Waals surface area contributed by atoms with Crippen LogP contribution in [0.2, 0.25) is 0 Å². The molecule has 32 heavy (non-hydrogen) atoms. The molecule has 0 aromatic heterocycles. The van der Waals surface area contributed by atoms with Gasteiger partial charge in [0.25, 0.3) is 0 Å². The van der Waals surface area contributed by atoms with E-state index in [1.165, 1.54) is 12.1 Å². The maximum absolute atomic E-state index is 15.6. The molecule has 0 heterocycles. The molecule has 1 fully saturated rings. The number of hydrogen-bond acceptors (Lipinski definition) is 1. The second kappa shape index (κ2) is 9.35. The van der Waals surface area contributed by atoms with Crippen LogP contribution in [0, 0.1) is 36.1 Å². The van der Waals surface area contributed by atoms with Gasteiger partial charge in [-0.2, -0.15) is 0 Å². The van der Waals surface area contributed by atoms with Gasteiger partial charge in [-0.1, -0.05) is 37.6 Å². The molecule has 0 radical (unpaired) electrons. The highest BCUT2D eigenvalue weighted by molar-refractivity contribution is 5.71. The third kappa shape index (κ3) is 4.38. The van der Waals surface area contributed by atoms with Crippen molar-refractivity contribution in [1.29, 1.82) is 0 Å². The molecule has 4 rings (SSSR count). The topological polar surface area (TPSA) is 9.23 Å². The Balaban J connectivity index is 1.71. The Morgan fingerprint density at radius 1 is 0.844 bits per heavy atom. The average Bonchev–Trinajstić information content (AvgIpc) is 2.79. The van der Waals surface area contributed by atoms with Gasteiger partial charge in [0.2, 0.25) is 0 Å². The van der Waals surface area contributed by atoms with Crippen LogP contribution in [0.1, 0.15) is 56.1 Å². The number of para-hydroxylation sites is 1. The van der Waals surface area contributed by atoms with Crippen molar-refractivity contribution in [3.63, 3.8) is 0 Å². The van der Waals surface area contributed by atoms with E-state index >= 15 is 4.39 Å². The fourth-order valence-corrected chi connectivity index (χ4v) is 4.66. The highest BCUT2D eigenvalue weighted by Gasteiger charge is 2.29. The van der Waals surface area contributed by atoms with Crippen LogP contribution in [0.25, 0.3) is 11.1 Å². The summed E-state index contributed by atoms with van der Waals surface area (Å²) in [5.74, 6) is -2.46. The van der Waals surface area contributed by atoms with E-state index < -0.39 is 23.3 Å². The van der Waals surface area contributed by atoms with E-state index in [-0.39, 0.29) is 23.0 Å². The molecule has 0 atom stereocenters. The van der Waals surface area contributed by atoms with Crippen LogP contribution in [-0.4, -0.2) is 0 Å². The van der Waals surface area contributed by atoms with Gasteiger partial charge >= 0.3 is 0 Å². The van der Waals surface area contributed by atoms with Gasteiger partial charge in [-0.3, -0.25) is 0 Å². The normalized spacial score (nSPS) is 18.6. The van der Waals surface area contributed by atoms with E-state index in [9.17, 15) is 13.2 Å². The standard InChI is InChI=1S/C27H26F4O/c1-3-17-8-10-18(11-9-17)25-23(30)14-16(2)27(26(25)31)32-24-7-5-4-6-20(24)19-12-13-21(28)22(29)15-19/h4-7,12-15,17-18H,3,8-11H2,1-2H3. The minimum absolute atomic E-state index is 0.0333. The molecule has 168 valence electrons. The number of halogens is 4. The minimum Gasteiger partial charge on any atom is -0.453 e. The van der Waals surface area contributed by atoms with Gasteiger partial charge in [0, 0.05) is 11.1 Å².